The maximum atomic E-state index is 12.6. The number of hydrogen-bond acceptors (Lipinski definition) is 3. The lowest BCUT2D eigenvalue weighted by Gasteiger charge is -2.26. The van der Waals surface area contributed by atoms with Gasteiger partial charge in [-0.2, -0.15) is 5.10 Å². The van der Waals surface area contributed by atoms with Crippen LogP contribution < -0.4 is 0 Å². The Bertz CT molecular complexity index is 840. The van der Waals surface area contributed by atoms with E-state index in [1.165, 1.54) is 6.33 Å². The van der Waals surface area contributed by atoms with Crippen LogP contribution >= 0.6 is 0 Å². The molecule has 5 heteroatoms. The van der Waals surface area contributed by atoms with Crippen LogP contribution in [0.1, 0.15) is 29.7 Å². The lowest BCUT2D eigenvalue weighted by molar-refractivity contribution is -0.131. The number of amides is 1. The summed E-state index contributed by atoms with van der Waals surface area (Å²) in [5.41, 5.74) is 4.26. The van der Waals surface area contributed by atoms with Crippen molar-refractivity contribution in [3.05, 3.63) is 77.9 Å². The van der Waals surface area contributed by atoms with E-state index in [4.69, 9.17) is 0 Å². The van der Waals surface area contributed by atoms with Gasteiger partial charge in [-0.25, -0.2) is 9.67 Å². The third-order valence-electron chi connectivity index (χ3n) is 4.64. The lowest BCUT2D eigenvalue weighted by Crippen LogP contribution is -2.31. The third kappa shape index (κ3) is 3.76. The van der Waals surface area contributed by atoms with Crippen LogP contribution in [-0.4, -0.2) is 32.6 Å². The molecule has 3 aromatic rings. The zero-order valence-corrected chi connectivity index (χ0v) is 14.8. The van der Waals surface area contributed by atoms with Crippen molar-refractivity contribution < 1.29 is 4.79 Å². The highest BCUT2D eigenvalue weighted by Gasteiger charge is 2.18. The second-order valence-corrected chi connectivity index (χ2v) is 6.22. The van der Waals surface area contributed by atoms with Crippen molar-refractivity contribution in [2.75, 3.05) is 7.05 Å². The number of carbonyl (C=O) groups is 1. The fourth-order valence-electron chi connectivity index (χ4n) is 2.78. The van der Waals surface area contributed by atoms with Gasteiger partial charge in [0.2, 0.25) is 5.91 Å². The number of aryl methyl sites for hydroxylation is 1. The van der Waals surface area contributed by atoms with E-state index in [-0.39, 0.29) is 11.9 Å². The largest absolute Gasteiger partial charge is 0.339 e. The molecule has 128 valence electrons. The van der Waals surface area contributed by atoms with Gasteiger partial charge in [-0.05, 0) is 42.7 Å². The Labute approximate surface area is 147 Å². The van der Waals surface area contributed by atoms with Gasteiger partial charge in [0.05, 0.1) is 18.2 Å². The van der Waals surface area contributed by atoms with Crippen molar-refractivity contribution in [1.82, 2.24) is 19.7 Å². The number of likely N-dealkylation sites (N-methyl/N-ethyl adjacent to an activating group) is 1. The summed E-state index contributed by atoms with van der Waals surface area (Å²) < 4.78 is 1.71. The minimum Gasteiger partial charge on any atom is -0.339 e. The van der Waals surface area contributed by atoms with Gasteiger partial charge in [0, 0.05) is 7.05 Å². The van der Waals surface area contributed by atoms with Crippen LogP contribution in [-0.2, 0) is 11.2 Å². The molecule has 0 unspecified atom stereocenters. The molecule has 0 N–H and O–H groups in total. The van der Waals surface area contributed by atoms with Crippen LogP contribution in [0.5, 0.6) is 0 Å². The Morgan fingerprint density at radius 3 is 2.52 bits per heavy atom. The standard InChI is InChI=1S/C20H22N4O/c1-15-6-4-5-7-18(15)12-20(25)23(3)16(2)17-8-10-19(11-9-17)24-14-21-13-22-24/h4-11,13-14,16H,12H2,1-3H3/t16-/m1/s1. The molecule has 0 spiro atoms. The van der Waals surface area contributed by atoms with Gasteiger partial charge in [-0.3, -0.25) is 4.79 Å². The van der Waals surface area contributed by atoms with E-state index in [1.807, 2.05) is 69.4 Å². The Kier molecular flexibility index (Phi) is 4.93. The van der Waals surface area contributed by atoms with E-state index < -0.39 is 0 Å². The summed E-state index contributed by atoms with van der Waals surface area (Å²) in [6, 6.07) is 16.0. The Hall–Kier alpha value is -2.95. The predicted octanol–water partition coefficient (Wildman–Crippen LogP) is 3.34. The van der Waals surface area contributed by atoms with Crippen molar-refractivity contribution in [2.24, 2.45) is 0 Å². The molecule has 0 aliphatic heterocycles. The maximum Gasteiger partial charge on any atom is 0.227 e. The van der Waals surface area contributed by atoms with E-state index in [2.05, 4.69) is 10.1 Å². The highest BCUT2D eigenvalue weighted by molar-refractivity contribution is 5.79. The Balaban J connectivity index is 1.70. The van der Waals surface area contributed by atoms with E-state index >= 15 is 0 Å². The molecule has 1 heterocycles. The lowest BCUT2D eigenvalue weighted by atomic mass is 10.0. The van der Waals surface area contributed by atoms with Crippen molar-refractivity contribution >= 4 is 5.91 Å². The summed E-state index contributed by atoms with van der Waals surface area (Å²) in [4.78, 5) is 18.4. The highest BCUT2D eigenvalue weighted by atomic mass is 16.2. The van der Waals surface area contributed by atoms with Crippen LogP contribution in [0.15, 0.2) is 61.2 Å². The first-order valence-corrected chi connectivity index (χ1v) is 8.31. The maximum absolute atomic E-state index is 12.6. The van der Waals surface area contributed by atoms with E-state index in [9.17, 15) is 4.79 Å². The summed E-state index contributed by atoms with van der Waals surface area (Å²) in [5.74, 6) is 0.113. The molecular formula is C20H22N4O. The summed E-state index contributed by atoms with van der Waals surface area (Å²) in [6.07, 6.45) is 3.59. The van der Waals surface area contributed by atoms with E-state index in [0.717, 1.165) is 22.4 Å². The Morgan fingerprint density at radius 1 is 1.16 bits per heavy atom. The molecule has 1 aromatic heterocycles. The number of carbonyl (C=O) groups excluding carboxylic acids is 1. The normalized spacial score (nSPS) is 12.0. The van der Waals surface area contributed by atoms with Gasteiger partial charge in [-0.15, -0.1) is 0 Å². The summed E-state index contributed by atoms with van der Waals surface area (Å²) in [6.45, 7) is 4.08. The molecule has 3 rings (SSSR count). The molecule has 1 atom stereocenters. The van der Waals surface area contributed by atoms with E-state index in [0.29, 0.717) is 6.42 Å². The van der Waals surface area contributed by atoms with Crippen LogP contribution in [0.4, 0.5) is 0 Å². The first kappa shape index (κ1) is 16.9. The molecular weight excluding hydrogens is 312 g/mol. The molecule has 5 nitrogen and oxygen atoms in total. The number of rotatable bonds is 5. The minimum absolute atomic E-state index is 0.00122. The first-order chi connectivity index (χ1) is 12.1. The van der Waals surface area contributed by atoms with Gasteiger partial charge >= 0.3 is 0 Å². The smallest absolute Gasteiger partial charge is 0.227 e. The summed E-state index contributed by atoms with van der Waals surface area (Å²) in [5, 5.41) is 4.12. The monoisotopic (exact) mass is 334 g/mol. The fourth-order valence-corrected chi connectivity index (χ4v) is 2.78. The third-order valence-corrected chi connectivity index (χ3v) is 4.64. The molecule has 0 saturated heterocycles. The predicted molar refractivity (Wildman–Crippen MR) is 97.4 cm³/mol. The van der Waals surface area contributed by atoms with Crippen molar-refractivity contribution in [3.8, 4) is 5.69 Å². The zero-order valence-electron chi connectivity index (χ0n) is 14.8. The fraction of sp³-hybridized carbons (Fsp3) is 0.250. The minimum atomic E-state index is 0.00122. The molecule has 0 fully saturated rings. The van der Waals surface area contributed by atoms with Gasteiger partial charge < -0.3 is 4.90 Å². The van der Waals surface area contributed by atoms with Crippen molar-refractivity contribution in [2.45, 2.75) is 26.3 Å². The molecule has 0 radical (unpaired) electrons. The van der Waals surface area contributed by atoms with Crippen molar-refractivity contribution in [1.29, 1.82) is 0 Å². The number of aromatic nitrogens is 3. The van der Waals surface area contributed by atoms with Gasteiger partial charge in [0.1, 0.15) is 12.7 Å². The number of nitrogens with zero attached hydrogens (tertiary/aromatic N) is 4. The molecule has 0 bridgehead atoms. The van der Waals surface area contributed by atoms with Gasteiger partial charge in [0.15, 0.2) is 0 Å². The number of benzene rings is 2. The molecule has 0 saturated carbocycles. The topological polar surface area (TPSA) is 51.0 Å². The summed E-state index contributed by atoms with van der Waals surface area (Å²) >= 11 is 0. The molecule has 0 aliphatic carbocycles. The van der Waals surface area contributed by atoms with Crippen LogP contribution in [0.2, 0.25) is 0 Å². The summed E-state index contributed by atoms with van der Waals surface area (Å²) in [7, 11) is 1.86. The molecule has 0 aliphatic rings. The highest BCUT2D eigenvalue weighted by Crippen LogP contribution is 2.21. The average molecular weight is 334 g/mol. The van der Waals surface area contributed by atoms with E-state index in [1.54, 1.807) is 15.9 Å². The molecule has 2 aromatic carbocycles. The molecule has 25 heavy (non-hydrogen) atoms. The van der Waals surface area contributed by atoms with Crippen LogP contribution in [0, 0.1) is 6.92 Å². The SMILES string of the molecule is Cc1ccccc1CC(=O)N(C)[C@H](C)c1ccc(-n2cncn2)cc1. The van der Waals surface area contributed by atoms with Gasteiger partial charge in [0.25, 0.3) is 0 Å². The van der Waals surface area contributed by atoms with Crippen molar-refractivity contribution in [3.63, 3.8) is 0 Å². The average Bonchev–Trinajstić information content (AvgIpc) is 3.17. The van der Waals surface area contributed by atoms with Crippen LogP contribution in [0.3, 0.4) is 0 Å². The zero-order chi connectivity index (χ0) is 17.8. The quantitative estimate of drug-likeness (QED) is 0.719. The number of hydrogen-bond donors (Lipinski definition) is 0. The second kappa shape index (κ2) is 7.30. The van der Waals surface area contributed by atoms with Gasteiger partial charge in [-0.1, -0.05) is 36.4 Å². The first-order valence-electron chi connectivity index (χ1n) is 8.31. The van der Waals surface area contributed by atoms with Crippen LogP contribution in [0.25, 0.3) is 5.69 Å². The Morgan fingerprint density at radius 2 is 1.88 bits per heavy atom. The molecule has 1 amide bonds. The second-order valence-electron chi connectivity index (χ2n) is 6.22.